The van der Waals surface area contributed by atoms with Gasteiger partial charge in [0.15, 0.2) is 0 Å². The molecule has 3 nitrogen and oxygen atoms in total. The summed E-state index contributed by atoms with van der Waals surface area (Å²) in [7, 11) is 0. The summed E-state index contributed by atoms with van der Waals surface area (Å²) in [6.45, 7) is 0.551. The fraction of sp³-hybridized carbons (Fsp3) is 0.0769. The summed E-state index contributed by atoms with van der Waals surface area (Å²) in [6.07, 6.45) is 1.60. The maximum absolute atomic E-state index is 8.70. The first-order chi connectivity index (χ1) is 8.76. The van der Waals surface area contributed by atoms with Crippen molar-refractivity contribution in [1.82, 2.24) is 0 Å². The standard InChI is InChI=1S/C13H9N3S2/c14-6-9(7-15)5-10-1-3-12(17-10)13-4-2-11(8-16)18-13/h1-5H,8,16H2. The summed E-state index contributed by atoms with van der Waals surface area (Å²) in [5.74, 6) is 0. The third-order valence-corrected chi connectivity index (χ3v) is 4.60. The lowest BCUT2D eigenvalue weighted by molar-refractivity contribution is 1.11. The number of hydrogen-bond acceptors (Lipinski definition) is 5. The van der Waals surface area contributed by atoms with E-state index in [1.54, 1.807) is 28.7 Å². The van der Waals surface area contributed by atoms with E-state index in [9.17, 15) is 0 Å². The van der Waals surface area contributed by atoms with Gasteiger partial charge in [-0.3, -0.25) is 0 Å². The summed E-state index contributed by atoms with van der Waals surface area (Å²) >= 11 is 3.22. The number of nitrogens with zero attached hydrogens (tertiary/aromatic N) is 2. The number of allylic oxidation sites excluding steroid dienone is 1. The Balaban J connectivity index is 2.29. The van der Waals surface area contributed by atoms with Crippen LogP contribution in [0.2, 0.25) is 0 Å². The Bertz CT molecular complexity index is 649. The maximum Gasteiger partial charge on any atom is 0.131 e. The Labute approximate surface area is 113 Å². The second-order valence-corrected chi connectivity index (χ2v) is 5.74. The molecule has 2 rings (SSSR count). The van der Waals surface area contributed by atoms with E-state index in [0.717, 1.165) is 19.5 Å². The van der Waals surface area contributed by atoms with Gasteiger partial charge < -0.3 is 5.73 Å². The van der Waals surface area contributed by atoms with Crippen molar-refractivity contribution in [3.05, 3.63) is 39.6 Å². The highest BCUT2D eigenvalue weighted by Gasteiger charge is 2.05. The third-order valence-electron chi connectivity index (χ3n) is 2.26. The topological polar surface area (TPSA) is 73.6 Å². The fourth-order valence-electron chi connectivity index (χ4n) is 1.41. The van der Waals surface area contributed by atoms with Crippen molar-refractivity contribution in [2.75, 3.05) is 0 Å². The first-order valence-corrected chi connectivity index (χ1v) is 6.81. The average Bonchev–Trinajstić information content (AvgIpc) is 3.04. The van der Waals surface area contributed by atoms with Crippen LogP contribution in [0.5, 0.6) is 0 Å². The average molecular weight is 271 g/mol. The van der Waals surface area contributed by atoms with Crippen LogP contribution in [0.3, 0.4) is 0 Å². The summed E-state index contributed by atoms with van der Waals surface area (Å²) in [6, 6.07) is 11.7. The molecule has 0 aliphatic heterocycles. The van der Waals surface area contributed by atoms with Crippen LogP contribution in [-0.2, 0) is 6.54 Å². The van der Waals surface area contributed by atoms with Gasteiger partial charge in [-0.1, -0.05) is 0 Å². The highest BCUT2D eigenvalue weighted by atomic mass is 32.1. The Morgan fingerprint density at radius 1 is 1.11 bits per heavy atom. The van der Waals surface area contributed by atoms with Crippen molar-refractivity contribution in [2.24, 2.45) is 5.73 Å². The van der Waals surface area contributed by atoms with Gasteiger partial charge in [-0.05, 0) is 30.3 Å². The number of nitriles is 2. The normalized spacial score (nSPS) is 9.50. The Morgan fingerprint density at radius 2 is 1.78 bits per heavy atom. The second-order valence-electron chi connectivity index (χ2n) is 3.45. The molecule has 0 aliphatic rings. The third kappa shape index (κ3) is 2.66. The van der Waals surface area contributed by atoms with Crippen molar-refractivity contribution in [1.29, 1.82) is 10.5 Å². The minimum absolute atomic E-state index is 0.122. The zero-order valence-electron chi connectivity index (χ0n) is 9.38. The molecule has 0 amide bonds. The Hall–Kier alpha value is -1.92. The number of thiophene rings is 2. The van der Waals surface area contributed by atoms with Crippen LogP contribution < -0.4 is 5.73 Å². The van der Waals surface area contributed by atoms with E-state index in [0.29, 0.717) is 6.54 Å². The lowest BCUT2D eigenvalue weighted by Crippen LogP contribution is -1.90. The van der Waals surface area contributed by atoms with Crippen LogP contribution in [0.25, 0.3) is 15.8 Å². The van der Waals surface area contributed by atoms with Crippen molar-refractivity contribution >= 4 is 28.7 Å². The molecule has 0 unspecified atom stereocenters. The van der Waals surface area contributed by atoms with Gasteiger partial charge in [0.25, 0.3) is 0 Å². The quantitative estimate of drug-likeness (QED) is 0.870. The Morgan fingerprint density at radius 3 is 2.39 bits per heavy atom. The molecule has 0 saturated heterocycles. The molecule has 0 atom stereocenters. The van der Waals surface area contributed by atoms with Gasteiger partial charge >= 0.3 is 0 Å². The van der Waals surface area contributed by atoms with Gasteiger partial charge in [0.1, 0.15) is 17.7 Å². The van der Waals surface area contributed by atoms with Crippen LogP contribution in [-0.4, -0.2) is 0 Å². The molecule has 88 valence electrons. The summed E-state index contributed by atoms with van der Waals surface area (Å²) in [5.41, 5.74) is 5.70. The van der Waals surface area contributed by atoms with Crippen LogP contribution in [0, 0.1) is 22.7 Å². The maximum atomic E-state index is 8.70. The molecule has 5 heteroatoms. The van der Waals surface area contributed by atoms with E-state index in [1.807, 2.05) is 36.4 Å². The molecule has 2 heterocycles. The zero-order chi connectivity index (χ0) is 13.0. The molecule has 0 bridgehead atoms. The smallest absolute Gasteiger partial charge is 0.131 e. The molecule has 2 N–H and O–H groups in total. The first-order valence-electron chi connectivity index (χ1n) is 5.17. The van der Waals surface area contributed by atoms with Gasteiger partial charge in [0.2, 0.25) is 0 Å². The van der Waals surface area contributed by atoms with Crippen molar-refractivity contribution in [2.45, 2.75) is 6.54 Å². The van der Waals surface area contributed by atoms with E-state index in [4.69, 9.17) is 16.3 Å². The number of nitrogens with two attached hydrogens (primary N) is 1. The molecule has 0 aromatic carbocycles. The lowest BCUT2D eigenvalue weighted by Gasteiger charge is -1.89. The van der Waals surface area contributed by atoms with E-state index in [-0.39, 0.29) is 5.57 Å². The number of rotatable bonds is 3. The summed E-state index contributed by atoms with van der Waals surface area (Å²) in [4.78, 5) is 4.34. The predicted molar refractivity (Wildman–Crippen MR) is 74.7 cm³/mol. The van der Waals surface area contributed by atoms with Gasteiger partial charge in [0, 0.05) is 26.1 Å². The fourth-order valence-corrected chi connectivity index (χ4v) is 3.34. The van der Waals surface area contributed by atoms with E-state index in [2.05, 4.69) is 0 Å². The van der Waals surface area contributed by atoms with Crippen molar-refractivity contribution < 1.29 is 0 Å². The molecule has 0 aliphatic carbocycles. The summed E-state index contributed by atoms with van der Waals surface area (Å²) < 4.78 is 0. The van der Waals surface area contributed by atoms with Gasteiger partial charge in [0.05, 0.1) is 0 Å². The van der Waals surface area contributed by atoms with Gasteiger partial charge in [-0.2, -0.15) is 10.5 Å². The molecule has 0 radical (unpaired) electrons. The monoisotopic (exact) mass is 271 g/mol. The van der Waals surface area contributed by atoms with Gasteiger partial charge in [-0.15, -0.1) is 22.7 Å². The molecular formula is C13H9N3S2. The Kier molecular flexibility index (Phi) is 3.91. The van der Waals surface area contributed by atoms with Crippen LogP contribution in [0.1, 0.15) is 9.75 Å². The van der Waals surface area contributed by atoms with Crippen LogP contribution >= 0.6 is 22.7 Å². The van der Waals surface area contributed by atoms with E-state index >= 15 is 0 Å². The van der Waals surface area contributed by atoms with Crippen molar-refractivity contribution in [3.8, 4) is 21.9 Å². The van der Waals surface area contributed by atoms with Crippen molar-refractivity contribution in [3.63, 3.8) is 0 Å². The number of hydrogen-bond donors (Lipinski definition) is 1. The minimum atomic E-state index is 0.122. The van der Waals surface area contributed by atoms with Gasteiger partial charge in [-0.25, -0.2) is 0 Å². The molecule has 0 saturated carbocycles. The predicted octanol–water partition coefficient (Wildman–Crippen LogP) is 3.37. The zero-order valence-corrected chi connectivity index (χ0v) is 11.0. The van der Waals surface area contributed by atoms with E-state index in [1.165, 1.54) is 0 Å². The highest BCUT2D eigenvalue weighted by Crippen LogP contribution is 2.34. The summed E-state index contributed by atoms with van der Waals surface area (Å²) in [5, 5.41) is 17.4. The second kappa shape index (κ2) is 5.61. The largest absolute Gasteiger partial charge is 0.326 e. The molecule has 2 aromatic heterocycles. The SMILES string of the molecule is N#CC(C#N)=Cc1ccc(-c2ccc(CN)s2)s1. The molecule has 18 heavy (non-hydrogen) atoms. The van der Waals surface area contributed by atoms with E-state index < -0.39 is 0 Å². The molecule has 0 spiro atoms. The van der Waals surface area contributed by atoms with Crippen LogP contribution in [0.4, 0.5) is 0 Å². The lowest BCUT2D eigenvalue weighted by atomic mass is 10.3. The minimum Gasteiger partial charge on any atom is -0.326 e. The van der Waals surface area contributed by atoms with Crippen LogP contribution in [0.15, 0.2) is 29.8 Å². The molecular weight excluding hydrogens is 262 g/mol. The molecule has 2 aromatic rings. The molecule has 0 fully saturated rings. The first kappa shape index (κ1) is 12.5. The highest BCUT2D eigenvalue weighted by molar-refractivity contribution is 7.22.